The number of pyridine rings is 1. The summed E-state index contributed by atoms with van der Waals surface area (Å²) in [6, 6.07) is 3.85. The highest BCUT2D eigenvalue weighted by Crippen LogP contribution is 2.42. The number of ether oxygens (including phenoxy) is 1. The zero-order chi connectivity index (χ0) is 24.6. The number of hydrogen-bond donors (Lipinski definition) is 0. The van der Waals surface area contributed by atoms with E-state index >= 15 is 4.39 Å². The van der Waals surface area contributed by atoms with Crippen molar-refractivity contribution in [3.63, 3.8) is 0 Å². The molecular weight excluding hydrogens is 455 g/mol. The fraction of sp³-hybridized carbons (Fsp3) is 0.621. The largest absolute Gasteiger partial charge is 0.381 e. The molecule has 0 N–H and O–H groups in total. The first-order valence-electron chi connectivity index (χ1n) is 13.8. The van der Waals surface area contributed by atoms with Gasteiger partial charge in [-0.05, 0) is 106 Å². The molecule has 6 nitrogen and oxygen atoms in total. The van der Waals surface area contributed by atoms with Crippen LogP contribution in [0.5, 0.6) is 0 Å². The molecule has 2 saturated heterocycles. The van der Waals surface area contributed by atoms with E-state index in [1.165, 1.54) is 32.1 Å². The number of rotatable bonds is 6. The Labute approximate surface area is 212 Å². The molecule has 0 bridgehead atoms. The van der Waals surface area contributed by atoms with E-state index in [1.54, 1.807) is 6.07 Å². The Morgan fingerprint density at radius 3 is 2.44 bits per heavy atom. The van der Waals surface area contributed by atoms with Crippen LogP contribution in [0.3, 0.4) is 0 Å². The lowest BCUT2D eigenvalue weighted by atomic mass is 9.79. The van der Waals surface area contributed by atoms with Crippen molar-refractivity contribution in [3.05, 3.63) is 34.9 Å². The molecule has 6 rings (SSSR count). The minimum Gasteiger partial charge on any atom is -0.381 e. The average Bonchev–Trinajstić information content (AvgIpc) is 3.29. The van der Waals surface area contributed by atoms with Gasteiger partial charge in [0, 0.05) is 31.7 Å². The highest BCUT2D eigenvalue weighted by Gasteiger charge is 2.29. The third kappa shape index (κ3) is 4.62. The maximum atomic E-state index is 15.4. The van der Waals surface area contributed by atoms with E-state index in [2.05, 4.69) is 21.1 Å². The van der Waals surface area contributed by atoms with Gasteiger partial charge in [0.2, 0.25) is 0 Å². The summed E-state index contributed by atoms with van der Waals surface area (Å²) in [5, 5.41) is 4.91. The highest BCUT2D eigenvalue weighted by atomic mass is 19.1. The van der Waals surface area contributed by atoms with E-state index in [9.17, 15) is 0 Å². The van der Waals surface area contributed by atoms with Crippen molar-refractivity contribution in [2.45, 2.75) is 77.6 Å². The minimum absolute atomic E-state index is 0.225. The van der Waals surface area contributed by atoms with Crippen LogP contribution in [0.25, 0.3) is 22.4 Å². The number of nitrogens with zero attached hydrogens (tertiary/aromatic N) is 4. The van der Waals surface area contributed by atoms with Crippen molar-refractivity contribution in [2.24, 2.45) is 11.8 Å². The van der Waals surface area contributed by atoms with Crippen molar-refractivity contribution in [1.82, 2.24) is 15.1 Å². The van der Waals surface area contributed by atoms with Gasteiger partial charge in [-0.1, -0.05) is 11.6 Å². The van der Waals surface area contributed by atoms with Crippen LogP contribution < -0.4 is 4.90 Å². The zero-order valence-electron chi connectivity index (χ0n) is 21.6. The molecule has 0 radical (unpaired) electrons. The molecule has 3 aromatic rings. The summed E-state index contributed by atoms with van der Waals surface area (Å²) in [5.74, 6) is 3.52. The molecule has 2 aromatic heterocycles. The third-order valence-corrected chi connectivity index (χ3v) is 8.78. The number of benzene rings is 1. The van der Waals surface area contributed by atoms with Crippen LogP contribution in [-0.2, 0) is 4.74 Å². The van der Waals surface area contributed by atoms with Crippen LogP contribution in [0.1, 0.15) is 80.7 Å². The molecule has 1 aliphatic carbocycles. The maximum Gasteiger partial charge on any atom is 0.261 e. The molecule has 3 aliphatic rings. The number of hydrogen-bond acceptors (Lipinski definition) is 6. The van der Waals surface area contributed by atoms with E-state index in [0.29, 0.717) is 23.1 Å². The summed E-state index contributed by atoms with van der Waals surface area (Å²) in [4.78, 5) is 11.8. The van der Waals surface area contributed by atoms with Crippen LogP contribution in [0.4, 0.5) is 10.2 Å². The number of aromatic nitrogens is 3. The SMILES string of the molecule is Cc1noc(-c2c(N3CCC(CC[C@@H]4CCCOC4)CC3)nc3c(F)cc(C4CCC4)cc3c2C)n1. The summed E-state index contributed by atoms with van der Waals surface area (Å²) < 4.78 is 26.7. The molecule has 1 saturated carbocycles. The number of aryl methyl sites for hydroxylation is 2. The molecule has 192 valence electrons. The Morgan fingerprint density at radius 2 is 1.78 bits per heavy atom. The molecule has 1 atom stereocenters. The summed E-state index contributed by atoms with van der Waals surface area (Å²) in [7, 11) is 0. The van der Waals surface area contributed by atoms with E-state index in [1.807, 2.05) is 13.8 Å². The predicted octanol–water partition coefficient (Wildman–Crippen LogP) is 6.73. The first-order chi connectivity index (χ1) is 17.6. The molecule has 36 heavy (non-hydrogen) atoms. The van der Waals surface area contributed by atoms with Gasteiger partial charge in [0.05, 0.1) is 5.56 Å². The van der Waals surface area contributed by atoms with Crippen LogP contribution in [0.15, 0.2) is 16.7 Å². The number of halogens is 1. The third-order valence-electron chi connectivity index (χ3n) is 8.78. The Hall–Kier alpha value is -2.54. The number of fused-ring (bicyclic) bond motifs is 1. The monoisotopic (exact) mass is 492 g/mol. The fourth-order valence-electron chi connectivity index (χ4n) is 6.28. The second-order valence-electron chi connectivity index (χ2n) is 11.2. The Kier molecular flexibility index (Phi) is 6.67. The number of piperidine rings is 1. The molecule has 1 aromatic carbocycles. The van der Waals surface area contributed by atoms with Crippen LogP contribution in [0.2, 0.25) is 0 Å². The van der Waals surface area contributed by atoms with Gasteiger partial charge in [0.25, 0.3) is 5.89 Å². The van der Waals surface area contributed by atoms with E-state index in [0.717, 1.165) is 91.7 Å². The van der Waals surface area contributed by atoms with Crippen molar-refractivity contribution in [1.29, 1.82) is 0 Å². The fourth-order valence-corrected chi connectivity index (χ4v) is 6.28. The van der Waals surface area contributed by atoms with E-state index in [4.69, 9.17) is 14.2 Å². The lowest BCUT2D eigenvalue weighted by Crippen LogP contribution is -2.35. The lowest BCUT2D eigenvalue weighted by molar-refractivity contribution is 0.0487. The van der Waals surface area contributed by atoms with Gasteiger partial charge >= 0.3 is 0 Å². The zero-order valence-corrected chi connectivity index (χ0v) is 21.6. The van der Waals surface area contributed by atoms with Crippen LogP contribution in [-0.4, -0.2) is 41.4 Å². The van der Waals surface area contributed by atoms with Gasteiger partial charge in [-0.2, -0.15) is 4.98 Å². The number of anilines is 1. The molecular formula is C29H37FN4O2. The van der Waals surface area contributed by atoms with Crippen LogP contribution in [0, 0.1) is 31.5 Å². The van der Waals surface area contributed by atoms with Crippen molar-refractivity contribution in [2.75, 3.05) is 31.2 Å². The van der Waals surface area contributed by atoms with Gasteiger partial charge in [-0.15, -0.1) is 0 Å². The second-order valence-corrected chi connectivity index (χ2v) is 11.2. The van der Waals surface area contributed by atoms with Gasteiger partial charge < -0.3 is 14.2 Å². The highest BCUT2D eigenvalue weighted by molar-refractivity contribution is 5.93. The van der Waals surface area contributed by atoms with E-state index in [-0.39, 0.29) is 5.82 Å². The normalized spacial score (nSPS) is 21.8. The minimum atomic E-state index is -0.225. The van der Waals surface area contributed by atoms with Gasteiger partial charge in [0.15, 0.2) is 5.82 Å². The molecule has 0 amide bonds. The maximum absolute atomic E-state index is 15.4. The lowest BCUT2D eigenvalue weighted by Gasteiger charge is -2.35. The van der Waals surface area contributed by atoms with E-state index < -0.39 is 0 Å². The Balaban J connectivity index is 1.29. The molecule has 2 aliphatic heterocycles. The second kappa shape index (κ2) is 10.1. The standard InChI is InChI=1S/C29H37FN4O2/c1-18-24-15-23(22-6-3-7-22)16-25(30)27(24)32-28(26(18)29-31-19(2)33-36-29)34-12-10-20(11-13-34)8-9-21-5-4-14-35-17-21/h15-16,20-22H,3-14,17H2,1-2H3/t21-/m0/s1. The molecule has 0 spiro atoms. The first-order valence-corrected chi connectivity index (χ1v) is 13.8. The summed E-state index contributed by atoms with van der Waals surface area (Å²) >= 11 is 0. The molecule has 4 heterocycles. The molecule has 7 heteroatoms. The summed E-state index contributed by atoms with van der Waals surface area (Å²) in [6.07, 6.45) is 10.8. The topological polar surface area (TPSA) is 64.3 Å². The quantitative estimate of drug-likeness (QED) is 0.380. The Morgan fingerprint density at radius 1 is 0.972 bits per heavy atom. The van der Waals surface area contributed by atoms with Gasteiger partial charge in [-0.25, -0.2) is 9.37 Å². The van der Waals surface area contributed by atoms with Crippen molar-refractivity contribution in [3.8, 4) is 11.5 Å². The molecule has 0 unspecified atom stereocenters. The summed E-state index contributed by atoms with van der Waals surface area (Å²) in [6.45, 7) is 7.55. The van der Waals surface area contributed by atoms with Gasteiger partial charge in [0.1, 0.15) is 17.2 Å². The van der Waals surface area contributed by atoms with Crippen molar-refractivity contribution < 1.29 is 13.7 Å². The van der Waals surface area contributed by atoms with Crippen LogP contribution >= 0.6 is 0 Å². The average molecular weight is 493 g/mol. The molecule has 3 fully saturated rings. The predicted molar refractivity (Wildman–Crippen MR) is 139 cm³/mol. The smallest absolute Gasteiger partial charge is 0.261 e. The summed E-state index contributed by atoms with van der Waals surface area (Å²) in [5.41, 5.74) is 3.36. The van der Waals surface area contributed by atoms with Crippen molar-refractivity contribution >= 4 is 16.7 Å². The van der Waals surface area contributed by atoms with Gasteiger partial charge in [-0.3, -0.25) is 0 Å². The Bertz CT molecular complexity index is 1220. The first kappa shape index (κ1) is 23.8.